The smallest absolute Gasteiger partial charge is 0.306 e. The summed E-state index contributed by atoms with van der Waals surface area (Å²) in [6.07, 6.45) is 0.0334. The Labute approximate surface area is 154 Å². The number of benzene rings is 2. The van der Waals surface area contributed by atoms with Crippen LogP contribution in [-0.2, 0) is 9.53 Å². The molecule has 0 bridgehead atoms. The van der Waals surface area contributed by atoms with Crippen LogP contribution in [0.25, 0.3) is 0 Å². The van der Waals surface area contributed by atoms with Gasteiger partial charge in [0.1, 0.15) is 0 Å². The van der Waals surface area contributed by atoms with E-state index in [4.69, 9.17) is 4.74 Å². The minimum absolute atomic E-state index is 0.0354. The highest BCUT2D eigenvalue weighted by atomic mass is 127. The number of carbonyl (C=O) groups excluding carboxylic acids is 3. The average Bonchev–Trinajstić information content (AvgIpc) is 2.58. The third-order valence-electron chi connectivity index (χ3n) is 3.44. The van der Waals surface area contributed by atoms with Crippen molar-refractivity contribution in [2.45, 2.75) is 19.8 Å². The van der Waals surface area contributed by atoms with Crippen molar-refractivity contribution in [3.8, 4) is 0 Å². The van der Waals surface area contributed by atoms with Crippen LogP contribution < -0.4 is 0 Å². The summed E-state index contributed by atoms with van der Waals surface area (Å²) in [5.41, 5.74) is 2.15. The highest BCUT2D eigenvalue weighted by Crippen LogP contribution is 2.10. The van der Waals surface area contributed by atoms with Crippen LogP contribution in [-0.4, -0.2) is 24.1 Å². The zero-order valence-electron chi connectivity index (χ0n) is 13.3. The molecule has 0 aromatic heterocycles. The van der Waals surface area contributed by atoms with Crippen LogP contribution in [0.15, 0.2) is 48.5 Å². The number of ketones is 2. The summed E-state index contributed by atoms with van der Waals surface area (Å²) in [4.78, 5) is 35.6. The molecule has 124 valence electrons. The Kier molecular flexibility index (Phi) is 6.66. The third kappa shape index (κ3) is 5.56. The van der Waals surface area contributed by atoms with E-state index in [1.807, 2.05) is 25.1 Å². The summed E-state index contributed by atoms with van der Waals surface area (Å²) in [7, 11) is 0. The lowest BCUT2D eigenvalue weighted by molar-refractivity contribution is -0.142. The second-order valence-corrected chi connectivity index (χ2v) is 6.63. The number of Topliss-reactive ketones (excluding diaryl/α,β-unsaturated/α-hetero) is 2. The standard InChI is InChI=1S/C19H17IO4/c1-13-5-7-14(8-6-13)17(21)9-10-19(23)24-12-18(22)15-3-2-4-16(20)11-15/h2-8,11H,9-10,12H2,1H3. The largest absolute Gasteiger partial charge is 0.457 e. The van der Waals surface area contributed by atoms with Gasteiger partial charge in [-0.2, -0.15) is 0 Å². The Bertz CT molecular complexity index is 750. The van der Waals surface area contributed by atoms with E-state index in [1.165, 1.54) is 0 Å². The Morgan fingerprint density at radius 1 is 0.917 bits per heavy atom. The number of hydrogen-bond donors (Lipinski definition) is 0. The summed E-state index contributed by atoms with van der Waals surface area (Å²) >= 11 is 2.11. The second-order valence-electron chi connectivity index (χ2n) is 5.38. The maximum atomic E-state index is 12.0. The zero-order valence-corrected chi connectivity index (χ0v) is 15.4. The molecular weight excluding hydrogens is 419 g/mol. The van der Waals surface area contributed by atoms with Crippen molar-refractivity contribution in [3.05, 3.63) is 68.8 Å². The van der Waals surface area contributed by atoms with E-state index >= 15 is 0 Å². The highest BCUT2D eigenvalue weighted by Gasteiger charge is 2.13. The first kappa shape index (κ1) is 18.3. The first-order valence-electron chi connectivity index (χ1n) is 7.50. The van der Waals surface area contributed by atoms with Crippen molar-refractivity contribution in [2.24, 2.45) is 0 Å². The first-order valence-corrected chi connectivity index (χ1v) is 8.58. The fourth-order valence-electron chi connectivity index (χ4n) is 2.06. The number of hydrogen-bond acceptors (Lipinski definition) is 4. The van der Waals surface area contributed by atoms with Gasteiger partial charge in [-0.3, -0.25) is 14.4 Å². The summed E-state index contributed by atoms with van der Waals surface area (Å²) in [6.45, 7) is 1.63. The Morgan fingerprint density at radius 2 is 1.62 bits per heavy atom. The molecule has 0 unspecified atom stereocenters. The van der Waals surface area contributed by atoms with Crippen LogP contribution in [0, 0.1) is 10.5 Å². The molecule has 0 radical (unpaired) electrons. The molecule has 0 atom stereocenters. The molecule has 5 heteroatoms. The number of esters is 1. The highest BCUT2D eigenvalue weighted by molar-refractivity contribution is 14.1. The van der Waals surface area contributed by atoms with Crippen molar-refractivity contribution in [1.82, 2.24) is 0 Å². The first-order chi connectivity index (χ1) is 11.5. The van der Waals surface area contributed by atoms with Gasteiger partial charge in [0, 0.05) is 21.1 Å². The molecule has 0 fully saturated rings. The van der Waals surface area contributed by atoms with Gasteiger partial charge in [-0.1, -0.05) is 42.0 Å². The van der Waals surface area contributed by atoms with E-state index in [0.717, 1.165) is 9.13 Å². The minimum atomic E-state index is -0.547. The molecule has 2 rings (SSSR count). The van der Waals surface area contributed by atoms with Crippen molar-refractivity contribution in [3.63, 3.8) is 0 Å². The quantitative estimate of drug-likeness (QED) is 0.374. The van der Waals surface area contributed by atoms with Gasteiger partial charge in [0.05, 0.1) is 6.42 Å². The number of halogens is 1. The van der Waals surface area contributed by atoms with Gasteiger partial charge < -0.3 is 4.74 Å². The normalized spacial score (nSPS) is 10.2. The molecular formula is C19H17IO4. The molecule has 0 N–H and O–H groups in total. The van der Waals surface area contributed by atoms with Crippen LogP contribution in [0.1, 0.15) is 39.1 Å². The van der Waals surface area contributed by atoms with Crippen LogP contribution in [0.4, 0.5) is 0 Å². The van der Waals surface area contributed by atoms with Crippen molar-refractivity contribution in [2.75, 3.05) is 6.61 Å². The lowest BCUT2D eigenvalue weighted by atomic mass is 10.1. The molecule has 0 aliphatic carbocycles. The lowest BCUT2D eigenvalue weighted by Gasteiger charge is -2.05. The van der Waals surface area contributed by atoms with Crippen LogP contribution in [0.5, 0.6) is 0 Å². The summed E-state index contributed by atoms with van der Waals surface area (Å²) in [5.74, 6) is -0.919. The van der Waals surface area contributed by atoms with Crippen LogP contribution >= 0.6 is 22.6 Å². The molecule has 0 saturated carbocycles. The Hall–Kier alpha value is -2.02. The molecule has 0 heterocycles. The maximum absolute atomic E-state index is 12.0. The summed E-state index contributed by atoms with van der Waals surface area (Å²) in [5, 5.41) is 0. The summed E-state index contributed by atoms with van der Waals surface area (Å²) < 4.78 is 5.90. The number of aryl methyl sites for hydroxylation is 1. The molecule has 4 nitrogen and oxygen atoms in total. The number of ether oxygens (including phenoxy) is 1. The molecule has 24 heavy (non-hydrogen) atoms. The minimum Gasteiger partial charge on any atom is -0.457 e. The zero-order chi connectivity index (χ0) is 17.5. The molecule has 0 aliphatic heterocycles. The topological polar surface area (TPSA) is 60.4 Å². The van der Waals surface area contributed by atoms with E-state index in [9.17, 15) is 14.4 Å². The fraction of sp³-hybridized carbons (Fsp3) is 0.211. The Balaban J connectivity index is 1.78. The van der Waals surface area contributed by atoms with Crippen molar-refractivity contribution >= 4 is 40.1 Å². The van der Waals surface area contributed by atoms with Gasteiger partial charge in [-0.15, -0.1) is 0 Å². The van der Waals surface area contributed by atoms with E-state index in [2.05, 4.69) is 22.6 Å². The summed E-state index contributed by atoms with van der Waals surface area (Å²) in [6, 6.07) is 14.2. The van der Waals surface area contributed by atoms with E-state index in [0.29, 0.717) is 11.1 Å². The van der Waals surface area contributed by atoms with Crippen molar-refractivity contribution < 1.29 is 19.1 Å². The molecule has 0 amide bonds. The third-order valence-corrected chi connectivity index (χ3v) is 4.11. The van der Waals surface area contributed by atoms with Crippen LogP contribution in [0.2, 0.25) is 0 Å². The molecule has 2 aromatic carbocycles. The monoisotopic (exact) mass is 436 g/mol. The number of rotatable bonds is 7. The number of carbonyl (C=O) groups is 3. The maximum Gasteiger partial charge on any atom is 0.306 e. The fourth-order valence-corrected chi connectivity index (χ4v) is 2.61. The average molecular weight is 436 g/mol. The molecule has 0 spiro atoms. The van der Waals surface area contributed by atoms with E-state index in [1.54, 1.807) is 30.3 Å². The Morgan fingerprint density at radius 3 is 2.29 bits per heavy atom. The SMILES string of the molecule is Cc1ccc(C(=O)CCC(=O)OCC(=O)c2cccc(I)c2)cc1. The predicted octanol–water partition coefficient (Wildman–Crippen LogP) is 3.99. The lowest BCUT2D eigenvalue weighted by Crippen LogP contribution is -2.15. The predicted molar refractivity (Wildman–Crippen MR) is 99.2 cm³/mol. The van der Waals surface area contributed by atoms with Gasteiger partial charge in [-0.25, -0.2) is 0 Å². The van der Waals surface area contributed by atoms with Crippen molar-refractivity contribution in [1.29, 1.82) is 0 Å². The van der Waals surface area contributed by atoms with Gasteiger partial charge in [-0.05, 0) is 41.6 Å². The molecule has 0 aliphatic rings. The second kappa shape index (κ2) is 8.73. The van der Waals surface area contributed by atoms with Gasteiger partial charge >= 0.3 is 5.97 Å². The van der Waals surface area contributed by atoms with Gasteiger partial charge in [0.15, 0.2) is 18.2 Å². The van der Waals surface area contributed by atoms with E-state index in [-0.39, 0.29) is 31.0 Å². The molecule has 0 saturated heterocycles. The molecule has 2 aromatic rings. The van der Waals surface area contributed by atoms with Gasteiger partial charge in [0.2, 0.25) is 0 Å². The van der Waals surface area contributed by atoms with Crippen LogP contribution in [0.3, 0.4) is 0 Å². The van der Waals surface area contributed by atoms with E-state index < -0.39 is 5.97 Å². The van der Waals surface area contributed by atoms with Gasteiger partial charge in [0.25, 0.3) is 0 Å².